The predicted octanol–water partition coefficient (Wildman–Crippen LogP) is 4.33. The minimum atomic E-state index is -0.238. The summed E-state index contributed by atoms with van der Waals surface area (Å²) in [5.41, 5.74) is 2.34. The Kier molecular flexibility index (Phi) is 9.30. The molecule has 7 heteroatoms. The molecule has 3 amide bonds. The first-order valence-corrected chi connectivity index (χ1v) is 11.9. The normalized spacial score (nSPS) is 13.7. The van der Waals surface area contributed by atoms with Crippen LogP contribution in [-0.4, -0.2) is 36.9 Å². The number of carbonyl (C=O) groups is 3. The number of amides is 3. The van der Waals surface area contributed by atoms with Gasteiger partial charge in [-0.1, -0.05) is 44.7 Å². The molecule has 0 bridgehead atoms. The number of anilines is 2. The largest absolute Gasteiger partial charge is 0.376 e. The fourth-order valence-electron chi connectivity index (χ4n) is 3.89. The molecular weight excluding hydrogens is 416 g/mol. The third-order valence-corrected chi connectivity index (χ3v) is 5.74. The van der Waals surface area contributed by atoms with Crippen LogP contribution in [0.25, 0.3) is 0 Å². The van der Waals surface area contributed by atoms with Gasteiger partial charge < -0.3 is 21.3 Å². The maximum atomic E-state index is 12.6. The molecule has 0 unspecified atom stereocenters. The topological polar surface area (TPSA) is 99.3 Å². The first-order chi connectivity index (χ1) is 16.0. The summed E-state index contributed by atoms with van der Waals surface area (Å²) in [5.74, 6) is -0.470. The Labute approximate surface area is 195 Å². The summed E-state index contributed by atoms with van der Waals surface area (Å²) >= 11 is 0. The Morgan fingerprint density at radius 3 is 2.27 bits per heavy atom. The summed E-state index contributed by atoms with van der Waals surface area (Å²) in [6.45, 7) is 2.76. The zero-order chi connectivity index (χ0) is 23.5. The van der Waals surface area contributed by atoms with Crippen LogP contribution in [-0.2, 0) is 4.79 Å². The number of benzene rings is 2. The molecule has 0 heterocycles. The fraction of sp³-hybridized carbons (Fsp3) is 0.423. The number of rotatable bonds is 10. The van der Waals surface area contributed by atoms with Gasteiger partial charge in [0.25, 0.3) is 11.8 Å². The number of carbonyl (C=O) groups excluding carboxylic acids is 3. The highest BCUT2D eigenvalue weighted by Crippen LogP contribution is 2.18. The molecular formula is C26H34N4O3. The fourth-order valence-corrected chi connectivity index (χ4v) is 3.89. The van der Waals surface area contributed by atoms with Crippen LogP contribution in [0, 0.1) is 0 Å². The summed E-state index contributed by atoms with van der Waals surface area (Å²) in [7, 11) is 0. The van der Waals surface area contributed by atoms with Gasteiger partial charge in [-0.15, -0.1) is 0 Å². The van der Waals surface area contributed by atoms with Crippen molar-refractivity contribution >= 4 is 29.1 Å². The van der Waals surface area contributed by atoms with Crippen LogP contribution in [0.2, 0.25) is 0 Å². The molecule has 1 saturated carbocycles. The van der Waals surface area contributed by atoms with Crippen molar-refractivity contribution in [1.29, 1.82) is 0 Å². The summed E-state index contributed by atoms with van der Waals surface area (Å²) in [4.78, 5) is 37.2. The van der Waals surface area contributed by atoms with E-state index in [1.54, 1.807) is 42.5 Å². The van der Waals surface area contributed by atoms with Gasteiger partial charge in [0.2, 0.25) is 5.91 Å². The molecule has 1 aliphatic carbocycles. The van der Waals surface area contributed by atoms with E-state index in [4.69, 9.17) is 0 Å². The molecule has 0 radical (unpaired) electrons. The highest BCUT2D eigenvalue weighted by atomic mass is 16.2. The van der Waals surface area contributed by atoms with E-state index in [0.29, 0.717) is 29.0 Å². The van der Waals surface area contributed by atoms with Crippen molar-refractivity contribution in [3.8, 4) is 0 Å². The lowest BCUT2D eigenvalue weighted by Gasteiger charge is -2.22. The SMILES string of the molecule is CCCCNC(=O)c1cccc(NCC(=O)Nc2cccc(C(=O)NC3CCCCC3)c2)c1. The van der Waals surface area contributed by atoms with Crippen molar-refractivity contribution in [2.24, 2.45) is 0 Å². The second-order valence-corrected chi connectivity index (χ2v) is 8.48. The molecule has 0 saturated heterocycles. The highest BCUT2D eigenvalue weighted by Gasteiger charge is 2.17. The molecule has 0 spiro atoms. The number of unbranched alkanes of at least 4 members (excludes halogenated alkanes) is 1. The molecule has 176 valence electrons. The smallest absolute Gasteiger partial charge is 0.251 e. The summed E-state index contributed by atoms with van der Waals surface area (Å²) < 4.78 is 0. The third kappa shape index (κ3) is 7.93. The minimum absolute atomic E-state index is 0.0411. The molecule has 2 aromatic carbocycles. The van der Waals surface area contributed by atoms with E-state index in [1.165, 1.54) is 6.42 Å². The lowest BCUT2D eigenvalue weighted by Crippen LogP contribution is -2.36. The molecule has 3 rings (SSSR count). The molecule has 7 nitrogen and oxygen atoms in total. The Hall–Kier alpha value is -3.35. The van der Waals surface area contributed by atoms with Gasteiger partial charge in [0.05, 0.1) is 6.54 Å². The van der Waals surface area contributed by atoms with Gasteiger partial charge in [0, 0.05) is 35.1 Å². The first-order valence-electron chi connectivity index (χ1n) is 11.9. The number of hydrogen-bond acceptors (Lipinski definition) is 4. The highest BCUT2D eigenvalue weighted by molar-refractivity contribution is 5.98. The van der Waals surface area contributed by atoms with Gasteiger partial charge in [-0.05, 0) is 55.7 Å². The van der Waals surface area contributed by atoms with E-state index >= 15 is 0 Å². The van der Waals surface area contributed by atoms with Crippen LogP contribution in [0.4, 0.5) is 11.4 Å². The molecule has 0 aromatic heterocycles. The van der Waals surface area contributed by atoms with E-state index in [-0.39, 0.29) is 30.3 Å². The Morgan fingerprint density at radius 2 is 1.55 bits per heavy atom. The van der Waals surface area contributed by atoms with Crippen molar-refractivity contribution in [2.75, 3.05) is 23.7 Å². The van der Waals surface area contributed by atoms with Gasteiger partial charge >= 0.3 is 0 Å². The van der Waals surface area contributed by atoms with Gasteiger partial charge in [0.15, 0.2) is 0 Å². The lowest BCUT2D eigenvalue weighted by atomic mass is 9.95. The number of hydrogen-bond donors (Lipinski definition) is 4. The molecule has 4 N–H and O–H groups in total. The third-order valence-electron chi connectivity index (χ3n) is 5.74. The predicted molar refractivity (Wildman–Crippen MR) is 132 cm³/mol. The van der Waals surface area contributed by atoms with Crippen LogP contribution in [0.3, 0.4) is 0 Å². The second kappa shape index (κ2) is 12.6. The number of nitrogens with one attached hydrogen (secondary N) is 4. The van der Waals surface area contributed by atoms with Gasteiger partial charge in [-0.2, -0.15) is 0 Å². The first kappa shape index (κ1) is 24.3. The van der Waals surface area contributed by atoms with E-state index < -0.39 is 0 Å². The molecule has 1 fully saturated rings. The van der Waals surface area contributed by atoms with Crippen molar-refractivity contribution < 1.29 is 14.4 Å². The Balaban J connectivity index is 1.50. The molecule has 0 atom stereocenters. The summed E-state index contributed by atoms with van der Waals surface area (Å²) in [6.07, 6.45) is 7.54. The maximum Gasteiger partial charge on any atom is 0.251 e. The lowest BCUT2D eigenvalue weighted by molar-refractivity contribution is -0.114. The van der Waals surface area contributed by atoms with Gasteiger partial charge in [-0.3, -0.25) is 14.4 Å². The Bertz CT molecular complexity index is 954. The summed E-state index contributed by atoms with van der Waals surface area (Å²) in [6, 6.07) is 14.3. The van der Waals surface area contributed by atoms with E-state index in [0.717, 1.165) is 38.5 Å². The van der Waals surface area contributed by atoms with Crippen LogP contribution in [0.1, 0.15) is 72.6 Å². The van der Waals surface area contributed by atoms with Gasteiger partial charge in [0.1, 0.15) is 0 Å². The monoisotopic (exact) mass is 450 g/mol. The van der Waals surface area contributed by atoms with Crippen molar-refractivity contribution in [3.63, 3.8) is 0 Å². The van der Waals surface area contributed by atoms with Crippen LogP contribution < -0.4 is 21.3 Å². The van der Waals surface area contributed by atoms with Crippen molar-refractivity contribution in [1.82, 2.24) is 10.6 Å². The molecule has 0 aliphatic heterocycles. The standard InChI is InChI=1S/C26H34N4O3/c1-2-3-15-27-25(32)19-9-7-13-22(16-19)28-18-24(31)29-23-14-8-10-20(17-23)26(33)30-21-11-5-4-6-12-21/h7-10,13-14,16-17,21,28H,2-6,11-12,15,18H2,1H3,(H,27,32)(H,29,31)(H,30,33). The second-order valence-electron chi connectivity index (χ2n) is 8.48. The van der Waals surface area contributed by atoms with Gasteiger partial charge in [-0.25, -0.2) is 0 Å². The van der Waals surface area contributed by atoms with Crippen LogP contribution in [0.15, 0.2) is 48.5 Å². The zero-order valence-electron chi connectivity index (χ0n) is 19.3. The summed E-state index contributed by atoms with van der Waals surface area (Å²) in [5, 5.41) is 11.9. The van der Waals surface area contributed by atoms with E-state index in [9.17, 15) is 14.4 Å². The molecule has 2 aromatic rings. The minimum Gasteiger partial charge on any atom is -0.376 e. The quantitative estimate of drug-likeness (QED) is 0.405. The van der Waals surface area contributed by atoms with E-state index in [1.807, 2.05) is 6.07 Å². The maximum absolute atomic E-state index is 12.6. The van der Waals surface area contributed by atoms with Crippen molar-refractivity contribution in [2.45, 2.75) is 57.9 Å². The van der Waals surface area contributed by atoms with Crippen LogP contribution in [0.5, 0.6) is 0 Å². The average molecular weight is 451 g/mol. The average Bonchev–Trinajstić information content (AvgIpc) is 2.84. The molecule has 33 heavy (non-hydrogen) atoms. The van der Waals surface area contributed by atoms with Crippen LogP contribution >= 0.6 is 0 Å². The zero-order valence-corrected chi connectivity index (χ0v) is 19.3. The molecule has 1 aliphatic rings. The van der Waals surface area contributed by atoms with Crippen molar-refractivity contribution in [3.05, 3.63) is 59.7 Å². The van der Waals surface area contributed by atoms with E-state index in [2.05, 4.69) is 28.2 Å². The Morgan fingerprint density at radius 1 is 0.879 bits per heavy atom.